The molecule has 0 saturated carbocycles. The Bertz CT molecular complexity index is 340. The van der Waals surface area contributed by atoms with Crippen LogP contribution < -0.4 is 5.32 Å². The molecule has 0 aliphatic rings. The maximum atomic E-state index is 3.50. The van der Waals surface area contributed by atoms with Crippen LogP contribution in [0.1, 0.15) is 76.0 Å². The Morgan fingerprint density at radius 3 is 2.00 bits per heavy atom. The summed E-state index contributed by atoms with van der Waals surface area (Å²) in [5.74, 6) is 1.25. The third kappa shape index (κ3) is 4.99. The molecule has 1 heteroatoms. The summed E-state index contributed by atoms with van der Waals surface area (Å²) in [5, 5.41) is 3.50. The Morgan fingerprint density at radius 2 is 1.53 bits per heavy atom. The Kier molecular flexibility index (Phi) is 7.15. The van der Waals surface area contributed by atoms with Crippen LogP contribution in [0.25, 0.3) is 0 Å². The van der Waals surface area contributed by atoms with E-state index in [1.54, 1.807) is 16.7 Å². The van der Waals surface area contributed by atoms with Crippen molar-refractivity contribution in [2.24, 2.45) is 0 Å². The SMILES string of the molecule is CCCNCCCc1c(C(C)C)cccc1C(C)C. The van der Waals surface area contributed by atoms with Crippen molar-refractivity contribution in [1.29, 1.82) is 0 Å². The molecule has 1 N–H and O–H groups in total. The second-order valence-electron chi connectivity index (χ2n) is 6.08. The molecule has 1 rings (SSSR count). The molecular weight excluding hydrogens is 230 g/mol. The summed E-state index contributed by atoms with van der Waals surface area (Å²) in [4.78, 5) is 0. The minimum atomic E-state index is 0.623. The molecule has 0 aliphatic heterocycles. The van der Waals surface area contributed by atoms with Crippen molar-refractivity contribution in [1.82, 2.24) is 5.32 Å². The van der Waals surface area contributed by atoms with Gasteiger partial charge in [-0.2, -0.15) is 0 Å². The minimum absolute atomic E-state index is 0.623. The molecule has 108 valence electrons. The Balaban J connectivity index is 2.77. The van der Waals surface area contributed by atoms with Gasteiger partial charge in [-0.3, -0.25) is 0 Å². The van der Waals surface area contributed by atoms with Crippen LogP contribution in [0.3, 0.4) is 0 Å². The number of hydrogen-bond donors (Lipinski definition) is 1. The molecular formula is C18H31N. The van der Waals surface area contributed by atoms with E-state index in [4.69, 9.17) is 0 Å². The lowest BCUT2D eigenvalue weighted by molar-refractivity contribution is 0.633. The number of hydrogen-bond acceptors (Lipinski definition) is 1. The Hall–Kier alpha value is -0.820. The first-order valence-corrected chi connectivity index (χ1v) is 7.90. The number of benzene rings is 1. The van der Waals surface area contributed by atoms with Gasteiger partial charge in [0.2, 0.25) is 0 Å². The summed E-state index contributed by atoms with van der Waals surface area (Å²) in [6.45, 7) is 13.7. The first-order chi connectivity index (χ1) is 9.07. The topological polar surface area (TPSA) is 12.0 Å². The first-order valence-electron chi connectivity index (χ1n) is 7.90. The standard InChI is InChI=1S/C18H31N/c1-6-12-19-13-8-11-18-16(14(2)3)9-7-10-17(18)15(4)5/h7,9-10,14-15,19H,6,8,11-13H2,1-5H3. The quantitative estimate of drug-likeness (QED) is 0.659. The second-order valence-corrected chi connectivity index (χ2v) is 6.08. The lowest BCUT2D eigenvalue weighted by Gasteiger charge is -2.19. The van der Waals surface area contributed by atoms with Gasteiger partial charge >= 0.3 is 0 Å². The van der Waals surface area contributed by atoms with Gasteiger partial charge in [0.25, 0.3) is 0 Å². The van der Waals surface area contributed by atoms with Crippen LogP contribution in [0.4, 0.5) is 0 Å². The Morgan fingerprint density at radius 1 is 0.947 bits per heavy atom. The fourth-order valence-corrected chi connectivity index (χ4v) is 2.69. The predicted molar refractivity (Wildman–Crippen MR) is 86.1 cm³/mol. The van der Waals surface area contributed by atoms with Crippen molar-refractivity contribution in [3.8, 4) is 0 Å². The normalized spacial score (nSPS) is 11.5. The van der Waals surface area contributed by atoms with Gasteiger partial charge in [-0.05, 0) is 60.9 Å². The lowest BCUT2D eigenvalue weighted by Crippen LogP contribution is -2.17. The minimum Gasteiger partial charge on any atom is -0.317 e. The summed E-state index contributed by atoms with van der Waals surface area (Å²) in [6.07, 6.45) is 3.67. The van der Waals surface area contributed by atoms with Crippen molar-refractivity contribution in [3.05, 3.63) is 34.9 Å². The fraction of sp³-hybridized carbons (Fsp3) is 0.667. The van der Waals surface area contributed by atoms with Crippen LogP contribution in [0.5, 0.6) is 0 Å². The molecule has 0 unspecified atom stereocenters. The molecule has 1 aromatic rings. The molecule has 0 amide bonds. The molecule has 0 saturated heterocycles. The average Bonchev–Trinajstić information content (AvgIpc) is 2.38. The molecule has 0 spiro atoms. The second kappa shape index (κ2) is 8.37. The van der Waals surface area contributed by atoms with Crippen molar-refractivity contribution in [2.45, 2.75) is 65.7 Å². The monoisotopic (exact) mass is 261 g/mol. The van der Waals surface area contributed by atoms with Crippen molar-refractivity contribution >= 4 is 0 Å². The maximum absolute atomic E-state index is 3.50. The van der Waals surface area contributed by atoms with E-state index in [-0.39, 0.29) is 0 Å². The van der Waals surface area contributed by atoms with Gasteiger partial charge in [-0.25, -0.2) is 0 Å². The molecule has 0 aliphatic carbocycles. The van der Waals surface area contributed by atoms with Crippen LogP contribution >= 0.6 is 0 Å². The maximum Gasteiger partial charge on any atom is -0.00457 e. The zero-order valence-electron chi connectivity index (χ0n) is 13.4. The largest absolute Gasteiger partial charge is 0.317 e. The van der Waals surface area contributed by atoms with Gasteiger partial charge in [-0.1, -0.05) is 52.8 Å². The van der Waals surface area contributed by atoms with E-state index in [0.717, 1.165) is 13.1 Å². The van der Waals surface area contributed by atoms with Crippen LogP contribution in [0, 0.1) is 0 Å². The van der Waals surface area contributed by atoms with Gasteiger partial charge in [0.1, 0.15) is 0 Å². The van der Waals surface area contributed by atoms with Crippen LogP contribution in [0.15, 0.2) is 18.2 Å². The molecule has 0 heterocycles. The van der Waals surface area contributed by atoms with Crippen LogP contribution in [0.2, 0.25) is 0 Å². The summed E-state index contributed by atoms with van der Waals surface area (Å²) in [6, 6.07) is 6.85. The van der Waals surface area contributed by atoms with Crippen LogP contribution in [-0.4, -0.2) is 13.1 Å². The van der Waals surface area contributed by atoms with E-state index in [9.17, 15) is 0 Å². The van der Waals surface area contributed by atoms with E-state index >= 15 is 0 Å². The molecule has 0 aromatic heterocycles. The van der Waals surface area contributed by atoms with Gasteiger partial charge < -0.3 is 5.32 Å². The predicted octanol–water partition coefficient (Wildman–Crippen LogP) is 4.87. The molecule has 1 aromatic carbocycles. The fourth-order valence-electron chi connectivity index (χ4n) is 2.69. The summed E-state index contributed by atoms with van der Waals surface area (Å²) < 4.78 is 0. The third-order valence-corrected chi connectivity index (χ3v) is 3.70. The number of rotatable bonds is 8. The van der Waals surface area contributed by atoms with Gasteiger partial charge in [0, 0.05) is 0 Å². The molecule has 0 atom stereocenters. The van der Waals surface area contributed by atoms with Crippen molar-refractivity contribution in [3.63, 3.8) is 0 Å². The van der Waals surface area contributed by atoms with E-state index < -0.39 is 0 Å². The van der Waals surface area contributed by atoms with E-state index in [0.29, 0.717) is 11.8 Å². The zero-order valence-corrected chi connectivity index (χ0v) is 13.4. The molecule has 0 bridgehead atoms. The highest BCUT2D eigenvalue weighted by Crippen LogP contribution is 2.28. The highest BCUT2D eigenvalue weighted by molar-refractivity contribution is 5.39. The van der Waals surface area contributed by atoms with Crippen LogP contribution in [-0.2, 0) is 6.42 Å². The molecule has 0 radical (unpaired) electrons. The summed E-state index contributed by atoms with van der Waals surface area (Å²) in [5.41, 5.74) is 4.69. The molecule has 19 heavy (non-hydrogen) atoms. The van der Waals surface area contributed by atoms with Crippen molar-refractivity contribution in [2.75, 3.05) is 13.1 Å². The zero-order chi connectivity index (χ0) is 14.3. The van der Waals surface area contributed by atoms with Gasteiger partial charge in [0.05, 0.1) is 0 Å². The van der Waals surface area contributed by atoms with E-state index in [2.05, 4.69) is 58.1 Å². The first kappa shape index (κ1) is 16.2. The van der Waals surface area contributed by atoms with Gasteiger partial charge in [-0.15, -0.1) is 0 Å². The van der Waals surface area contributed by atoms with Gasteiger partial charge in [0.15, 0.2) is 0 Å². The van der Waals surface area contributed by atoms with E-state index in [1.165, 1.54) is 19.3 Å². The lowest BCUT2D eigenvalue weighted by atomic mass is 9.86. The average molecular weight is 261 g/mol. The van der Waals surface area contributed by atoms with E-state index in [1.807, 2.05) is 0 Å². The highest BCUT2D eigenvalue weighted by atomic mass is 14.8. The Labute approximate surface area is 119 Å². The molecule has 0 fully saturated rings. The smallest absolute Gasteiger partial charge is 0.00457 e. The highest BCUT2D eigenvalue weighted by Gasteiger charge is 2.12. The third-order valence-electron chi connectivity index (χ3n) is 3.70. The molecule has 1 nitrogen and oxygen atoms in total. The van der Waals surface area contributed by atoms with Crippen molar-refractivity contribution < 1.29 is 0 Å². The number of nitrogens with one attached hydrogen (secondary N) is 1. The summed E-state index contributed by atoms with van der Waals surface area (Å²) >= 11 is 0. The summed E-state index contributed by atoms with van der Waals surface area (Å²) in [7, 11) is 0.